The summed E-state index contributed by atoms with van der Waals surface area (Å²) in [5.74, 6) is 1.25. The van der Waals surface area contributed by atoms with Crippen LogP contribution in [0, 0.1) is 11.3 Å². The minimum atomic E-state index is -0.370. The van der Waals surface area contributed by atoms with Crippen molar-refractivity contribution in [1.82, 2.24) is 10.2 Å². The Balaban J connectivity index is 1.72. The number of methoxy groups -OCH3 is 2. The zero-order valence-corrected chi connectivity index (χ0v) is 16.2. The van der Waals surface area contributed by atoms with Gasteiger partial charge >= 0.3 is 0 Å². The molecule has 1 heterocycles. The summed E-state index contributed by atoms with van der Waals surface area (Å²) in [5.41, 5.74) is 3.70. The Labute approximate surface area is 162 Å². The van der Waals surface area contributed by atoms with E-state index in [0.717, 1.165) is 49.1 Å². The number of hydrogen-bond acceptors (Lipinski definition) is 4. The van der Waals surface area contributed by atoms with E-state index in [4.69, 9.17) is 32.7 Å². The van der Waals surface area contributed by atoms with Crippen LogP contribution in [-0.4, -0.2) is 24.4 Å². The van der Waals surface area contributed by atoms with Crippen molar-refractivity contribution in [1.29, 1.82) is 5.26 Å². The van der Waals surface area contributed by atoms with Gasteiger partial charge in [-0.2, -0.15) is 10.4 Å². The molecule has 0 aliphatic heterocycles. The van der Waals surface area contributed by atoms with Gasteiger partial charge in [0, 0.05) is 17.3 Å². The van der Waals surface area contributed by atoms with E-state index >= 15 is 0 Å². The summed E-state index contributed by atoms with van der Waals surface area (Å²) in [4.78, 5) is 0. The van der Waals surface area contributed by atoms with Gasteiger partial charge < -0.3 is 9.47 Å². The van der Waals surface area contributed by atoms with Gasteiger partial charge in [-0.15, -0.1) is 0 Å². The number of aromatic nitrogens is 2. The van der Waals surface area contributed by atoms with Crippen molar-refractivity contribution < 1.29 is 9.47 Å². The Bertz CT molecular complexity index is 884. The minimum Gasteiger partial charge on any atom is -0.495 e. The fraction of sp³-hybridized carbons (Fsp3) is 0.474. The van der Waals surface area contributed by atoms with Crippen LogP contribution in [-0.2, 0) is 18.3 Å². The largest absolute Gasteiger partial charge is 0.495 e. The summed E-state index contributed by atoms with van der Waals surface area (Å²) in [7, 11) is 3.16. The second-order valence-electron chi connectivity index (χ2n) is 6.99. The smallest absolute Gasteiger partial charge is 0.141 e. The molecule has 0 amide bonds. The molecule has 0 saturated heterocycles. The second-order valence-corrected chi connectivity index (χ2v) is 7.74. The minimum absolute atomic E-state index is 0.136. The highest BCUT2D eigenvalue weighted by Gasteiger charge is 2.49. The zero-order chi connectivity index (χ0) is 18.5. The quantitative estimate of drug-likeness (QED) is 0.828. The third-order valence-electron chi connectivity index (χ3n) is 5.58. The summed E-state index contributed by atoms with van der Waals surface area (Å²) in [6, 6.07) is 4.15. The van der Waals surface area contributed by atoms with E-state index < -0.39 is 0 Å². The molecule has 1 fully saturated rings. The molecule has 1 aromatic heterocycles. The van der Waals surface area contributed by atoms with Crippen molar-refractivity contribution in [3.8, 4) is 17.6 Å². The molecule has 4 rings (SSSR count). The predicted octanol–water partition coefficient (Wildman–Crippen LogP) is 4.56. The van der Waals surface area contributed by atoms with Gasteiger partial charge in [0.25, 0.3) is 0 Å². The highest BCUT2D eigenvalue weighted by atomic mass is 35.5. The number of fused-ring (bicyclic) bond motifs is 1. The molecule has 5 nitrogen and oxygen atoms in total. The Morgan fingerprint density at radius 3 is 2.42 bits per heavy atom. The van der Waals surface area contributed by atoms with Crippen LogP contribution in [0.15, 0.2) is 6.07 Å². The zero-order valence-electron chi connectivity index (χ0n) is 14.7. The van der Waals surface area contributed by atoms with E-state index in [1.807, 2.05) is 0 Å². The molecule has 7 heteroatoms. The van der Waals surface area contributed by atoms with Gasteiger partial charge in [0.1, 0.15) is 16.9 Å². The number of nitrogens with zero attached hydrogens (tertiary/aromatic N) is 2. The van der Waals surface area contributed by atoms with Crippen molar-refractivity contribution in [2.75, 3.05) is 14.2 Å². The lowest BCUT2D eigenvalue weighted by Crippen LogP contribution is -2.16. The molecular formula is C19H19Cl2N3O2. The van der Waals surface area contributed by atoms with Gasteiger partial charge in [-0.05, 0) is 43.6 Å². The number of hydrogen-bond donors (Lipinski definition) is 1. The van der Waals surface area contributed by atoms with E-state index in [-0.39, 0.29) is 11.3 Å². The van der Waals surface area contributed by atoms with Crippen molar-refractivity contribution in [2.45, 2.75) is 43.4 Å². The number of halogens is 2. The lowest BCUT2D eigenvalue weighted by atomic mass is 9.80. The molecule has 136 valence electrons. The summed E-state index contributed by atoms with van der Waals surface area (Å²) < 4.78 is 10.8. The summed E-state index contributed by atoms with van der Waals surface area (Å²) in [6.45, 7) is 0. The van der Waals surface area contributed by atoms with Gasteiger partial charge in [-0.3, -0.25) is 5.10 Å². The average Bonchev–Trinajstić information content (AvgIpc) is 3.34. The molecule has 1 atom stereocenters. The maximum absolute atomic E-state index is 9.48. The van der Waals surface area contributed by atoms with Crippen molar-refractivity contribution in [2.24, 2.45) is 0 Å². The molecule has 1 aromatic carbocycles. The number of nitriles is 1. The van der Waals surface area contributed by atoms with Crippen LogP contribution >= 0.6 is 23.2 Å². The number of ether oxygens (including phenoxy) is 2. The van der Waals surface area contributed by atoms with Crippen LogP contribution in [0.2, 0.25) is 10.0 Å². The number of H-pyrrole nitrogens is 1. The Morgan fingerprint density at radius 1 is 1.23 bits per heavy atom. The monoisotopic (exact) mass is 391 g/mol. The first-order valence-corrected chi connectivity index (χ1v) is 9.38. The van der Waals surface area contributed by atoms with Crippen LogP contribution < -0.4 is 9.47 Å². The maximum Gasteiger partial charge on any atom is 0.141 e. The first kappa shape index (κ1) is 17.5. The molecule has 0 radical (unpaired) electrons. The third kappa shape index (κ3) is 2.55. The molecule has 1 N–H and O–H groups in total. The lowest BCUT2D eigenvalue weighted by molar-refractivity contribution is 0.392. The number of benzene rings is 1. The Kier molecular flexibility index (Phi) is 4.29. The summed E-state index contributed by atoms with van der Waals surface area (Å²) in [6.07, 6.45) is 4.28. The number of rotatable bonds is 4. The Morgan fingerprint density at radius 2 is 1.88 bits per heavy atom. The normalized spacial score (nSPS) is 20.2. The molecule has 1 unspecified atom stereocenters. The summed E-state index contributed by atoms with van der Waals surface area (Å²) in [5, 5.41) is 18.2. The van der Waals surface area contributed by atoms with Crippen LogP contribution in [0.1, 0.15) is 47.7 Å². The van der Waals surface area contributed by atoms with Crippen molar-refractivity contribution in [3.63, 3.8) is 0 Å². The van der Waals surface area contributed by atoms with E-state index in [2.05, 4.69) is 16.3 Å². The van der Waals surface area contributed by atoms with Gasteiger partial charge in [0.05, 0.1) is 36.0 Å². The highest BCUT2D eigenvalue weighted by Crippen LogP contribution is 2.51. The molecule has 2 aliphatic rings. The molecule has 0 bridgehead atoms. The van der Waals surface area contributed by atoms with Gasteiger partial charge in [-0.25, -0.2) is 0 Å². The standard InChI is InChI=1S/C19H19Cl2N3O2/c1-25-13-8-14(26-2)17(21)15(16(13)20)10-3-4-11-12(7-10)23-24-18(11)19(9-22)5-6-19/h8,10H,3-7H2,1-2H3,(H,23,24). The SMILES string of the molecule is COc1cc(OC)c(Cl)c(C2CCc3c(C4(C#N)CC4)n[nH]c3C2)c1Cl. The van der Waals surface area contributed by atoms with Crippen LogP contribution in [0.4, 0.5) is 0 Å². The Hall–Kier alpha value is -1.90. The first-order valence-electron chi connectivity index (χ1n) is 8.62. The van der Waals surface area contributed by atoms with E-state index in [9.17, 15) is 5.26 Å². The number of nitrogens with one attached hydrogen (secondary N) is 1. The average molecular weight is 392 g/mol. The molecule has 2 aromatic rings. The van der Waals surface area contributed by atoms with Gasteiger partial charge in [-0.1, -0.05) is 23.2 Å². The first-order chi connectivity index (χ1) is 12.5. The van der Waals surface area contributed by atoms with E-state index in [1.54, 1.807) is 20.3 Å². The van der Waals surface area contributed by atoms with Gasteiger partial charge in [0.15, 0.2) is 0 Å². The second kappa shape index (κ2) is 6.37. The van der Waals surface area contributed by atoms with Crippen molar-refractivity contribution in [3.05, 3.63) is 38.6 Å². The highest BCUT2D eigenvalue weighted by molar-refractivity contribution is 6.38. The molecule has 2 aliphatic carbocycles. The fourth-order valence-corrected chi connectivity index (χ4v) is 4.75. The maximum atomic E-state index is 9.48. The third-order valence-corrected chi connectivity index (χ3v) is 6.36. The topological polar surface area (TPSA) is 70.9 Å². The lowest BCUT2D eigenvalue weighted by Gasteiger charge is -2.26. The predicted molar refractivity (Wildman–Crippen MR) is 99.4 cm³/mol. The molecular weight excluding hydrogens is 373 g/mol. The van der Waals surface area contributed by atoms with Crippen molar-refractivity contribution >= 4 is 23.2 Å². The van der Waals surface area contributed by atoms with Crippen LogP contribution in [0.5, 0.6) is 11.5 Å². The van der Waals surface area contributed by atoms with E-state index in [0.29, 0.717) is 21.5 Å². The van der Waals surface area contributed by atoms with Gasteiger partial charge in [0.2, 0.25) is 0 Å². The van der Waals surface area contributed by atoms with Crippen LogP contribution in [0.25, 0.3) is 0 Å². The summed E-state index contributed by atoms with van der Waals surface area (Å²) >= 11 is 13.2. The van der Waals surface area contributed by atoms with E-state index in [1.165, 1.54) is 5.56 Å². The molecule has 1 saturated carbocycles. The van der Waals surface area contributed by atoms with Crippen LogP contribution in [0.3, 0.4) is 0 Å². The molecule has 26 heavy (non-hydrogen) atoms. The fourth-order valence-electron chi connectivity index (χ4n) is 3.94. The molecule has 0 spiro atoms. The number of aromatic amines is 1.